The van der Waals surface area contributed by atoms with E-state index in [0.29, 0.717) is 5.75 Å². The van der Waals surface area contributed by atoms with E-state index in [-0.39, 0.29) is 11.9 Å². The first-order valence-corrected chi connectivity index (χ1v) is 9.91. The zero-order valence-electron chi connectivity index (χ0n) is 14.9. The summed E-state index contributed by atoms with van der Waals surface area (Å²) in [5.74, 6) is 1.35. The van der Waals surface area contributed by atoms with Gasteiger partial charge in [0.15, 0.2) is 0 Å². The van der Waals surface area contributed by atoms with Gasteiger partial charge in [-0.1, -0.05) is 84.9 Å². The Labute approximate surface area is 159 Å². The maximum Gasteiger partial charge on any atom is 0.230 e. The molecule has 0 radical (unpaired) electrons. The minimum absolute atomic E-state index is 0.0584. The average molecular weight is 362 g/mol. The van der Waals surface area contributed by atoms with E-state index in [1.54, 1.807) is 11.8 Å². The number of hydrogen-bond acceptors (Lipinski definition) is 2. The first-order valence-electron chi connectivity index (χ1n) is 8.75. The summed E-state index contributed by atoms with van der Waals surface area (Å²) in [5.41, 5.74) is 4.66. The van der Waals surface area contributed by atoms with Crippen molar-refractivity contribution in [1.82, 2.24) is 5.32 Å². The van der Waals surface area contributed by atoms with Gasteiger partial charge in [-0.05, 0) is 29.2 Å². The molecule has 3 rings (SSSR count). The van der Waals surface area contributed by atoms with Crippen LogP contribution in [-0.4, -0.2) is 11.7 Å². The van der Waals surface area contributed by atoms with Crippen LogP contribution in [0.15, 0.2) is 84.9 Å². The lowest BCUT2D eigenvalue weighted by molar-refractivity contribution is -0.119. The Kier molecular flexibility index (Phi) is 6.50. The largest absolute Gasteiger partial charge is 0.344 e. The first kappa shape index (κ1) is 18.3. The van der Waals surface area contributed by atoms with Crippen LogP contribution in [0.5, 0.6) is 0 Å². The molecule has 1 amide bonds. The second-order valence-corrected chi connectivity index (χ2v) is 7.23. The molecule has 0 saturated carbocycles. The van der Waals surface area contributed by atoms with Gasteiger partial charge < -0.3 is 5.32 Å². The van der Waals surface area contributed by atoms with Gasteiger partial charge in [0.25, 0.3) is 0 Å². The van der Waals surface area contributed by atoms with Crippen LogP contribution in [0.1, 0.15) is 28.3 Å². The molecule has 0 bridgehead atoms. The first-order chi connectivity index (χ1) is 12.7. The number of carbonyl (C=O) groups is 1. The number of rotatable bonds is 7. The second-order valence-electron chi connectivity index (χ2n) is 6.25. The monoisotopic (exact) mass is 361 g/mol. The number of nitrogens with one attached hydrogen (secondary N) is 1. The van der Waals surface area contributed by atoms with Gasteiger partial charge in [-0.25, -0.2) is 0 Å². The average Bonchev–Trinajstić information content (AvgIpc) is 2.68. The minimum atomic E-state index is -0.123. The van der Waals surface area contributed by atoms with Crippen molar-refractivity contribution >= 4 is 17.7 Å². The fraction of sp³-hybridized carbons (Fsp3) is 0.174. The van der Waals surface area contributed by atoms with Crippen molar-refractivity contribution < 1.29 is 4.79 Å². The van der Waals surface area contributed by atoms with E-state index in [1.165, 1.54) is 11.1 Å². The lowest BCUT2D eigenvalue weighted by Gasteiger charge is -2.21. The highest BCUT2D eigenvalue weighted by Gasteiger charge is 2.18. The minimum Gasteiger partial charge on any atom is -0.344 e. The molecule has 3 aromatic rings. The van der Waals surface area contributed by atoms with Crippen LogP contribution in [0.3, 0.4) is 0 Å². The Morgan fingerprint density at radius 1 is 0.885 bits per heavy atom. The Morgan fingerprint density at radius 2 is 1.50 bits per heavy atom. The van der Waals surface area contributed by atoms with Crippen molar-refractivity contribution in [1.29, 1.82) is 0 Å². The summed E-state index contributed by atoms with van der Waals surface area (Å²) in [6, 6.07) is 28.5. The highest BCUT2D eigenvalue weighted by atomic mass is 32.2. The predicted octanol–water partition coefficient (Wildman–Crippen LogP) is 5.13. The summed E-state index contributed by atoms with van der Waals surface area (Å²) in [6.45, 7) is 2.08. The Balaban J connectivity index is 1.68. The maximum atomic E-state index is 12.6. The normalized spacial score (nSPS) is 11.7. The van der Waals surface area contributed by atoms with Gasteiger partial charge in [0.1, 0.15) is 0 Å². The number of benzene rings is 3. The summed E-state index contributed by atoms with van der Waals surface area (Å²) < 4.78 is 0. The van der Waals surface area contributed by atoms with Gasteiger partial charge in [0, 0.05) is 5.75 Å². The van der Waals surface area contributed by atoms with Crippen LogP contribution >= 0.6 is 11.8 Å². The zero-order valence-corrected chi connectivity index (χ0v) is 15.7. The molecule has 0 aromatic heterocycles. The predicted molar refractivity (Wildman–Crippen MR) is 110 cm³/mol. The Bertz CT molecular complexity index is 833. The topological polar surface area (TPSA) is 29.1 Å². The third-order valence-corrected chi connectivity index (χ3v) is 5.29. The summed E-state index contributed by atoms with van der Waals surface area (Å²) >= 11 is 1.64. The summed E-state index contributed by atoms with van der Waals surface area (Å²) in [6.07, 6.45) is 0. The molecule has 0 aliphatic rings. The Hall–Kier alpha value is -2.52. The van der Waals surface area contributed by atoms with Crippen LogP contribution in [0, 0.1) is 6.92 Å². The molecular weight excluding hydrogens is 338 g/mol. The summed E-state index contributed by atoms with van der Waals surface area (Å²) in [4.78, 5) is 12.6. The van der Waals surface area contributed by atoms with Crippen LogP contribution in [0.25, 0.3) is 0 Å². The van der Waals surface area contributed by atoms with Crippen molar-refractivity contribution in [2.45, 2.75) is 18.7 Å². The number of hydrogen-bond donors (Lipinski definition) is 1. The van der Waals surface area contributed by atoms with E-state index in [4.69, 9.17) is 0 Å². The van der Waals surface area contributed by atoms with Crippen molar-refractivity contribution in [3.63, 3.8) is 0 Å². The van der Waals surface area contributed by atoms with Crippen LogP contribution < -0.4 is 5.32 Å². The molecule has 0 aliphatic heterocycles. The van der Waals surface area contributed by atoms with Gasteiger partial charge in [0.2, 0.25) is 5.91 Å². The lowest BCUT2D eigenvalue weighted by Crippen LogP contribution is -2.31. The highest BCUT2D eigenvalue weighted by molar-refractivity contribution is 7.99. The van der Waals surface area contributed by atoms with Gasteiger partial charge >= 0.3 is 0 Å². The zero-order chi connectivity index (χ0) is 18.2. The quantitative estimate of drug-likeness (QED) is 0.632. The van der Waals surface area contributed by atoms with Crippen LogP contribution in [-0.2, 0) is 10.5 Å². The molecule has 2 nitrogen and oxygen atoms in total. The van der Waals surface area contributed by atoms with Gasteiger partial charge in [-0.15, -0.1) is 11.8 Å². The number of thioether (sulfide) groups is 1. The molecule has 0 saturated heterocycles. The second kappa shape index (κ2) is 9.25. The number of amides is 1. The molecular formula is C23H23NOS. The van der Waals surface area contributed by atoms with Crippen LogP contribution in [0.2, 0.25) is 0 Å². The molecule has 3 heteroatoms. The smallest absolute Gasteiger partial charge is 0.230 e. The van der Waals surface area contributed by atoms with Crippen molar-refractivity contribution in [3.05, 3.63) is 107 Å². The molecule has 0 aliphatic carbocycles. The van der Waals surface area contributed by atoms with E-state index in [2.05, 4.69) is 48.6 Å². The fourth-order valence-corrected chi connectivity index (χ4v) is 3.73. The number of carbonyl (C=O) groups excluding carboxylic acids is 1. The Morgan fingerprint density at radius 3 is 2.19 bits per heavy atom. The molecule has 0 unspecified atom stereocenters. The molecule has 1 N–H and O–H groups in total. The molecule has 3 aromatic carbocycles. The molecule has 0 spiro atoms. The third kappa shape index (κ3) is 4.99. The van der Waals surface area contributed by atoms with E-state index < -0.39 is 0 Å². The summed E-state index contributed by atoms with van der Waals surface area (Å²) in [5, 5.41) is 3.22. The van der Waals surface area contributed by atoms with E-state index >= 15 is 0 Å². The van der Waals surface area contributed by atoms with E-state index in [1.807, 2.05) is 48.5 Å². The molecule has 26 heavy (non-hydrogen) atoms. The van der Waals surface area contributed by atoms with Crippen LogP contribution in [0.4, 0.5) is 0 Å². The molecule has 1 atom stereocenters. The molecule has 0 fully saturated rings. The van der Waals surface area contributed by atoms with Crippen molar-refractivity contribution in [3.8, 4) is 0 Å². The van der Waals surface area contributed by atoms with Crippen molar-refractivity contribution in [2.24, 2.45) is 0 Å². The van der Waals surface area contributed by atoms with Gasteiger partial charge in [0.05, 0.1) is 11.8 Å². The number of aryl methyl sites for hydroxylation is 1. The van der Waals surface area contributed by atoms with Crippen molar-refractivity contribution in [2.75, 3.05) is 5.75 Å². The summed E-state index contributed by atoms with van der Waals surface area (Å²) in [7, 11) is 0. The standard InChI is InChI=1S/C23H23NOS/c1-18-10-8-9-15-21(18)23(20-13-6-3-7-14-20)24-22(25)17-26-16-19-11-4-2-5-12-19/h2-15,23H,16-17H2,1H3,(H,24,25)/t23-/m0/s1. The SMILES string of the molecule is Cc1ccccc1[C@@H](NC(=O)CSCc1ccccc1)c1ccccc1. The van der Waals surface area contributed by atoms with Gasteiger partial charge in [-0.3, -0.25) is 4.79 Å². The van der Waals surface area contributed by atoms with E-state index in [9.17, 15) is 4.79 Å². The van der Waals surface area contributed by atoms with E-state index in [0.717, 1.165) is 16.9 Å². The third-order valence-electron chi connectivity index (χ3n) is 4.28. The fourth-order valence-electron chi connectivity index (χ4n) is 2.94. The maximum absolute atomic E-state index is 12.6. The lowest BCUT2D eigenvalue weighted by atomic mass is 9.95. The molecule has 132 valence electrons. The highest BCUT2D eigenvalue weighted by Crippen LogP contribution is 2.25. The van der Waals surface area contributed by atoms with Gasteiger partial charge in [-0.2, -0.15) is 0 Å². The molecule has 0 heterocycles.